The van der Waals surface area contributed by atoms with Crippen LogP contribution in [-0.4, -0.2) is 21.5 Å². The van der Waals surface area contributed by atoms with Crippen molar-refractivity contribution >= 4 is 23.2 Å². The molecule has 168 valence electrons. The number of amides is 1. The van der Waals surface area contributed by atoms with Gasteiger partial charge in [-0.05, 0) is 67.5 Å². The fraction of sp³-hybridized carbons (Fsp3) is 0.296. The number of carbonyl (C=O) groups is 2. The highest BCUT2D eigenvalue weighted by molar-refractivity contribution is 6.08. The third kappa shape index (κ3) is 3.75. The number of ketones is 1. The minimum atomic E-state index is -0.335. The fourth-order valence-electron chi connectivity index (χ4n) is 4.69. The molecule has 1 atom stereocenters. The van der Waals surface area contributed by atoms with Gasteiger partial charge in [-0.15, -0.1) is 0 Å². The number of Topliss-reactive ketones (excluding diaryl/α,β-unsaturated/α-hetero) is 1. The monoisotopic (exact) mass is 440 g/mol. The van der Waals surface area contributed by atoms with Crippen LogP contribution in [0.4, 0.5) is 11.5 Å². The molecule has 0 saturated heterocycles. The number of hydrogen-bond acceptors (Lipinski definition) is 4. The lowest BCUT2D eigenvalue weighted by Gasteiger charge is -2.33. The minimum Gasteiger partial charge on any atom is -0.343 e. The summed E-state index contributed by atoms with van der Waals surface area (Å²) in [6, 6.07) is 13.9. The molecule has 3 aromatic rings. The number of nitrogens with zero attached hydrogens (tertiary/aromatic N) is 2. The first kappa shape index (κ1) is 21.2. The van der Waals surface area contributed by atoms with Gasteiger partial charge in [-0.25, -0.2) is 4.68 Å². The molecular weight excluding hydrogens is 412 g/mol. The first-order chi connectivity index (χ1) is 16.0. The predicted molar refractivity (Wildman–Crippen MR) is 130 cm³/mol. The molecule has 0 radical (unpaired) electrons. The Bertz CT molecular complexity index is 1280. The second kappa shape index (κ2) is 8.35. The van der Waals surface area contributed by atoms with E-state index in [1.54, 1.807) is 10.9 Å². The number of benzene rings is 2. The van der Waals surface area contributed by atoms with Crippen LogP contribution in [-0.2, 0) is 11.2 Å². The van der Waals surface area contributed by atoms with Crippen LogP contribution in [0, 0.1) is 13.8 Å². The van der Waals surface area contributed by atoms with E-state index in [-0.39, 0.29) is 17.7 Å². The van der Waals surface area contributed by atoms with Gasteiger partial charge >= 0.3 is 0 Å². The zero-order chi connectivity index (χ0) is 23.1. The van der Waals surface area contributed by atoms with Gasteiger partial charge in [0.15, 0.2) is 5.78 Å². The van der Waals surface area contributed by atoms with E-state index in [9.17, 15) is 9.59 Å². The van der Waals surface area contributed by atoms with Crippen LogP contribution in [0.2, 0.25) is 0 Å². The van der Waals surface area contributed by atoms with E-state index >= 15 is 0 Å². The summed E-state index contributed by atoms with van der Waals surface area (Å²) in [5.74, 6) is 0.559. The molecule has 1 aliphatic heterocycles. The van der Waals surface area contributed by atoms with Crippen LogP contribution < -0.4 is 10.6 Å². The van der Waals surface area contributed by atoms with Gasteiger partial charge in [-0.3, -0.25) is 9.59 Å². The number of rotatable bonds is 4. The van der Waals surface area contributed by atoms with E-state index in [1.807, 2.05) is 32.0 Å². The average molecular weight is 441 g/mol. The fourth-order valence-corrected chi connectivity index (χ4v) is 4.69. The van der Waals surface area contributed by atoms with Crippen LogP contribution in [0.25, 0.3) is 0 Å². The molecule has 2 aliphatic rings. The van der Waals surface area contributed by atoms with Crippen molar-refractivity contribution in [2.24, 2.45) is 0 Å². The summed E-state index contributed by atoms with van der Waals surface area (Å²) < 4.78 is 1.79. The SMILES string of the molecule is CCc1ccc(C2C3=C(CCCC3=O)Nc3c(C(=O)Nc4ccc(C)c(C)c4)cnn32)cc1. The summed E-state index contributed by atoms with van der Waals surface area (Å²) in [5.41, 5.74) is 7.43. The minimum absolute atomic E-state index is 0.149. The zero-order valence-corrected chi connectivity index (χ0v) is 19.2. The molecular formula is C27H28N4O2. The number of anilines is 2. The molecule has 2 N–H and O–H groups in total. The number of hydrogen-bond donors (Lipinski definition) is 2. The predicted octanol–water partition coefficient (Wildman–Crippen LogP) is 5.34. The standard InChI is InChI=1S/C27H28N4O2/c1-4-18-9-11-19(12-10-18)25-24-22(6-5-7-23(24)32)30-26-21(15-28-31(25)26)27(33)29-20-13-8-16(2)17(3)14-20/h8-15,25,30H,4-7H2,1-3H3,(H,29,33). The topological polar surface area (TPSA) is 76.0 Å². The lowest BCUT2D eigenvalue weighted by molar-refractivity contribution is -0.116. The lowest BCUT2D eigenvalue weighted by Crippen LogP contribution is -2.32. The number of aromatic nitrogens is 2. The van der Waals surface area contributed by atoms with Gasteiger partial charge in [0.05, 0.1) is 6.20 Å². The summed E-state index contributed by atoms with van der Waals surface area (Å²) in [6.07, 6.45) is 4.68. The Morgan fingerprint density at radius 3 is 2.64 bits per heavy atom. The van der Waals surface area contributed by atoms with Crippen molar-refractivity contribution in [1.29, 1.82) is 0 Å². The van der Waals surface area contributed by atoms with Gasteiger partial charge in [0.1, 0.15) is 17.4 Å². The second-order valence-electron chi connectivity index (χ2n) is 8.90. The molecule has 6 nitrogen and oxygen atoms in total. The van der Waals surface area contributed by atoms with E-state index in [4.69, 9.17) is 0 Å². The van der Waals surface area contributed by atoms with Crippen molar-refractivity contribution in [3.63, 3.8) is 0 Å². The molecule has 1 unspecified atom stereocenters. The van der Waals surface area contributed by atoms with Crippen LogP contribution in [0.5, 0.6) is 0 Å². The highest BCUT2D eigenvalue weighted by Crippen LogP contribution is 2.41. The van der Waals surface area contributed by atoms with Gasteiger partial charge in [0, 0.05) is 23.4 Å². The largest absolute Gasteiger partial charge is 0.343 e. The number of allylic oxidation sites excluding steroid dienone is 2. The second-order valence-corrected chi connectivity index (χ2v) is 8.90. The van der Waals surface area contributed by atoms with E-state index in [2.05, 4.69) is 46.9 Å². The number of fused-ring (bicyclic) bond motifs is 1. The van der Waals surface area contributed by atoms with Crippen LogP contribution in [0.15, 0.2) is 59.9 Å². The number of nitrogens with one attached hydrogen (secondary N) is 2. The first-order valence-electron chi connectivity index (χ1n) is 11.5. The summed E-state index contributed by atoms with van der Waals surface area (Å²) in [6.45, 7) is 6.19. The Morgan fingerprint density at radius 1 is 1.12 bits per heavy atom. The first-order valence-corrected chi connectivity index (χ1v) is 11.5. The maximum atomic E-state index is 13.2. The van der Waals surface area contributed by atoms with Gasteiger partial charge in [-0.1, -0.05) is 37.3 Å². The molecule has 1 amide bonds. The maximum absolute atomic E-state index is 13.2. The van der Waals surface area contributed by atoms with Crippen molar-refractivity contribution in [3.05, 3.63) is 87.7 Å². The third-order valence-electron chi connectivity index (χ3n) is 6.75. The van der Waals surface area contributed by atoms with Crippen LogP contribution >= 0.6 is 0 Å². The Balaban J connectivity index is 1.55. The summed E-state index contributed by atoms with van der Waals surface area (Å²) in [5, 5.41) is 11.0. The smallest absolute Gasteiger partial charge is 0.261 e. The van der Waals surface area contributed by atoms with Gasteiger partial charge in [0.25, 0.3) is 5.91 Å². The van der Waals surface area contributed by atoms with Crippen molar-refractivity contribution in [1.82, 2.24) is 9.78 Å². The Kier molecular flexibility index (Phi) is 5.36. The molecule has 5 rings (SSSR count). The van der Waals surface area contributed by atoms with Gasteiger partial charge in [-0.2, -0.15) is 5.10 Å². The van der Waals surface area contributed by atoms with Crippen LogP contribution in [0.1, 0.15) is 64.8 Å². The summed E-state index contributed by atoms with van der Waals surface area (Å²) >= 11 is 0. The van der Waals surface area contributed by atoms with Gasteiger partial charge in [0.2, 0.25) is 0 Å². The maximum Gasteiger partial charge on any atom is 0.261 e. The molecule has 0 saturated carbocycles. The Morgan fingerprint density at radius 2 is 1.91 bits per heavy atom. The Hall–Kier alpha value is -3.67. The highest BCUT2D eigenvalue weighted by atomic mass is 16.1. The summed E-state index contributed by atoms with van der Waals surface area (Å²) in [4.78, 5) is 26.2. The number of aryl methyl sites for hydroxylation is 3. The molecule has 6 heteroatoms. The van der Waals surface area contributed by atoms with Crippen LogP contribution in [0.3, 0.4) is 0 Å². The average Bonchev–Trinajstić information content (AvgIpc) is 3.24. The van der Waals surface area contributed by atoms with Crippen molar-refractivity contribution in [2.45, 2.75) is 52.5 Å². The molecule has 2 heterocycles. The summed E-state index contributed by atoms with van der Waals surface area (Å²) in [7, 11) is 0. The molecule has 0 fully saturated rings. The molecule has 1 aromatic heterocycles. The van der Waals surface area contributed by atoms with E-state index in [0.717, 1.165) is 47.3 Å². The molecule has 2 aromatic carbocycles. The molecule has 0 spiro atoms. The van der Waals surface area contributed by atoms with Crippen molar-refractivity contribution in [3.8, 4) is 0 Å². The normalized spacial score (nSPS) is 17.3. The third-order valence-corrected chi connectivity index (χ3v) is 6.75. The van der Waals surface area contributed by atoms with E-state index in [0.29, 0.717) is 17.8 Å². The van der Waals surface area contributed by atoms with Gasteiger partial charge < -0.3 is 10.6 Å². The zero-order valence-electron chi connectivity index (χ0n) is 19.2. The van der Waals surface area contributed by atoms with Crippen molar-refractivity contribution in [2.75, 3.05) is 10.6 Å². The lowest BCUT2D eigenvalue weighted by atomic mass is 9.85. The molecule has 33 heavy (non-hydrogen) atoms. The Labute approximate surface area is 193 Å². The number of carbonyl (C=O) groups excluding carboxylic acids is 2. The van der Waals surface area contributed by atoms with Crippen molar-refractivity contribution < 1.29 is 9.59 Å². The highest BCUT2D eigenvalue weighted by Gasteiger charge is 2.37. The molecule has 0 bridgehead atoms. The quantitative estimate of drug-likeness (QED) is 0.574. The molecule has 1 aliphatic carbocycles. The van der Waals surface area contributed by atoms with E-state index in [1.165, 1.54) is 11.1 Å². The van der Waals surface area contributed by atoms with E-state index < -0.39 is 0 Å².